The molecule has 0 unspecified atom stereocenters. The summed E-state index contributed by atoms with van der Waals surface area (Å²) in [5.41, 5.74) is 2.91. The first-order chi connectivity index (χ1) is 7.09. The highest BCUT2D eigenvalue weighted by molar-refractivity contribution is 5.82. The molecule has 2 heteroatoms. The molecule has 0 atom stereocenters. The van der Waals surface area contributed by atoms with Gasteiger partial charge in [0.1, 0.15) is 0 Å². The van der Waals surface area contributed by atoms with Gasteiger partial charge in [0.2, 0.25) is 0 Å². The molecule has 2 nitrogen and oxygen atoms in total. The summed E-state index contributed by atoms with van der Waals surface area (Å²) in [5.74, 6) is -0.912. The maximum Gasteiger partial charge on any atom is 0.328 e. The second kappa shape index (κ2) is 5.15. The molecule has 0 fully saturated rings. The Balaban J connectivity index is 2.90. The average Bonchev–Trinajstić information content (AvgIpc) is 2.17. The standard InChI is InChI=1S/C13H14O2/c1-10(9-13(14)15)8-11(2)12-6-4-3-5-7-12/h3-9H,1-2H3,(H,14,15)/b10-9?,11-8-. The van der Waals surface area contributed by atoms with Crippen molar-refractivity contribution in [3.8, 4) is 0 Å². The summed E-state index contributed by atoms with van der Waals surface area (Å²) in [7, 11) is 0. The van der Waals surface area contributed by atoms with Crippen LogP contribution in [-0.4, -0.2) is 11.1 Å². The number of hydrogen-bond acceptors (Lipinski definition) is 1. The number of benzene rings is 1. The molecular formula is C13H14O2. The maximum atomic E-state index is 10.4. The van der Waals surface area contributed by atoms with Gasteiger partial charge in [-0.1, -0.05) is 36.4 Å². The van der Waals surface area contributed by atoms with Crippen LogP contribution in [0.3, 0.4) is 0 Å². The van der Waals surface area contributed by atoms with Crippen LogP contribution < -0.4 is 0 Å². The van der Waals surface area contributed by atoms with Crippen molar-refractivity contribution < 1.29 is 9.90 Å². The van der Waals surface area contributed by atoms with Gasteiger partial charge in [0.15, 0.2) is 0 Å². The van der Waals surface area contributed by atoms with E-state index in [1.54, 1.807) is 6.92 Å². The number of allylic oxidation sites excluding steroid dienone is 3. The molecule has 0 saturated heterocycles. The molecule has 0 aliphatic heterocycles. The molecule has 0 saturated carbocycles. The SMILES string of the molecule is CC(=CC(=O)O)/C=C(/C)c1ccccc1. The van der Waals surface area contributed by atoms with E-state index in [1.165, 1.54) is 6.08 Å². The Bertz CT molecular complexity index is 400. The minimum Gasteiger partial charge on any atom is -0.478 e. The minimum absolute atomic E-state index is 0.740. The molecule has 0 heterocycles. The predicted octanol–water partition coefficient (Wildman–Crippen LogP) is 3.12. The van der Waals surface area contributed by atoms with Crippen LogP contribution in [0.5, 0.6) is 0 Å². The molecule has 1 aromatic rings. The van der Waals surface area contributed by atoms with Crippen molar-refractivity contribution in [2.24, 2.45) is 0 Å². The highest BCUT2D eigenvalue weighted by Crippen LogP contribution is 2.14. The average molecular weight is 202 g/mol. The Morgan fingerprint density at radius 3 is 2.27 bits per heavy atom. The van der Waals surface area contributed by atoms with Crippen LogP contribution in [-0.2, 0) is 4.79 Å². The third-order valence-electron chi connectivity index (χ3n) is 2.02. The normalized spacial score (nSPS) is 12.7. The lowest BCUT2D eigenvalue weighted by molar-refractivity contribution is -0.131. The van der Waals surface area contributed by atoms with Gasteiger partial charge in [0.05, 0.1) is 0 Å². The molecule has 0 radical (unpaired) electrons. The lowest BCUT2D eigenvalue weighted by Crippen LogP contribution is -1.88. The lowest BCUT2D eigenvalue weighted by atomic mass is 10.1. The van der Waals surface area contributed by atoms with Crippen LogP contribution in [0.4, 0.5) is 0 Å². The highest BCUT2D eigenvalue weighted by Gasteiger charge is 1.95. The summed E-state index contributed by atoms with van der Waals surface area (Å²) in [6, 6.07) is 9.88. The minimum atomic E-state index is -0.912. The van der Waals surface area contributed by atoms with Crippen molar-refractivity contribution in [3.05, 3.63) is 53.6 Å². The van der Waals surface area contributed by atoms with Crippen LogP contribution in [0.25, 0.3) is 5.57 Å². The van der Waals surface area contributed by atoms with E-state index in [9.17, 15) is 4.79 Å². The summed E-state index contributed by atoms with van der Waals surface area (Å²) in [6.07, 6.45) is 3.07. The second-order valence-corrected chi connectivity index (χ2v) is 3.42. The van der Waals surface area contributed by atoms with Gasteiger partial charge in [-0.3, -0.25) is 0 Å². The van der Waals surface area contributed by atoms with Gasteiger partial charge >= 0.3 is 5.97 Å². The van der Waals surface area contributed by atoms with Gasteiger partial charge in [0.25, 0.3) is 0 Å². The predicted molar refractivity (Wildman–Crippen MR) is 61.5 cm³/mol. The Morgan fingerprint density at radius 2 is 1.73 bits per heavy atom. The first-order valence-corrected chi connectivity index (χ1v) is 4.74. The molecule has 1 N–H and O–H groups in total. The zero-order valence-electron chi connectivity index (χ0n) is 8.90. The number of carboxylic acid groups (broad SMARTS) is 1. The zero-order chi connectivity index (χ0) is 11.3. The fourth-order valence-corrected chi connectivity index (χ4v) is 1.36. The van der Waals surface area contributed by atoms with Crippen LogP contribution in [0.15, 0.2) is 48.1 Å². The summed E-state index contributed by atoms with van der Waals surface area (Å²) in [6.45, 7) is 3.75. The number of carbonyl (C=O) groups is 1. The van der Waals surface area contributed by atoms with Gasteiger partial charge < -0.3 is 5.11 Å². The Kier molecular flexibility index (Phi) is 3.86. The molecule has 1 rings (SSSR count). The zero-order valence-corrected chi connectivity index (χ0v) is 8.90. The molecule has 1 aromatic carbocycles. The summed E-state index contributed by atoms with van der Waals surface area (Å²) < 4.78 is 0. The molecule has 78 valence electrons. The first kappa shape index (κ1) is 11.2. The van der Waals surface area contributed by atoms with Crippen LogP contribution in [0, 0.1) is 0 Å². The maximum absolute atomic E-state index is 10.4. The molecule has 0 aromatic heterocycles. The van der Waals surface area contributed by atoms with E-state index in [0.717, 1.165) is 16.7 Å². The van der Waals surface area contributed by atoms with Gasteiger partial charge in [-0.05, 0) is 30.6 Å². The first-order valence-electron chi connectivity index (χ1n) is 4.74. The van der Waals surface area contributed by atoms with Crippen molar-refractivity contribution in [1.29, 1.82) is 0 Å². The molecule has 0 spiro atoms. The lowest BCUT2D eigenvalue weighted by Gasteiger charge is -2.00. The summed E-state index contributed by atoms with van der Waals surface area (Å²) in [4.78, 5) is 10.4. The number of aliphatic carboxylic acids is 1. The van der Waals surface area contributed by atoms with E-state index in [-0.39, 0.29) is 0 Å². The van der Waals surface area contributed by atoms with E-state index >= 15 is 0 Å². The molecule has 0 aliphatic rings. The van der Waals surface area contributed by atoms with Crippen molar-refractivity contribution in [2.45, 2.75) is 13.8 Å². The van der Waals surface area contributed by atoms with E-state index in [0.29, 0.717) is 0 Å². The van der Waals surface area contributed by atoms with Crippen molar-refractivity contribution >= 4 is 11.5 Å². The van der Waals surface area contributed by atoms with E-state index in [4.69, 9.17) is 5.11 Å². The molecule has 15 heavy (non-hydrogen) atoms. The second-order valence-electron chi connectivity index (χ2n) is 3.42. The molecule has 0 aliphatic carbocycles. The number of rotatable bonds is 3. The van der Waals surface area contributed by atoms with Crippen molar-refractivity contribution in [2.75, 3.05) is 0 Å². The third-order valence-corrected chi connectivity index (χ3v) is 2.02. The summed E-state index contributed by atoms with van der Waals surface area (Å²) in [5, 5.41) is 8.56. The Morgan fingerprint density at radius 1 is 1.13 bits per heavy atom. The molecule has 0 bridgehead atoms. The number of carboxylic acids is 1. The summed E-state index contributed by atoms with van der Waals surface area (Å²) >= 11 is 0. The van der Waals surface area contributed by atoms with Gasteiger partial charge in [0, 0.05) is 6.08 Å². The monoisotopic (exact) mass is 202 g/mol. The van der Waals surface area contributed by atoms with Crippen molar-refractivity contribution in [1.82, 2.24) is 0 Å². The fourth-order valence-electron chi connectivity index (χ4n) is 1.36. The van der Waals surface area contributed by atoms with Crippen molar-refractivity contribution in [3.63, 3.8) is 0 Å². The third kappa shape index (κ3) is 3.81. The van der Waals surface area contributed by atoms with Gasteiger partial charge in [-0.2, -0.15) is 0 Å². The number of hydrogen-bond donors (Lipinski definition) is 1. The van der Waals surface area contributed by atoms with E-state index in [1.807, 2.05) is 43.3 Å². The van der Waals surface area contributed by atoms with E-state index < -0.39 is 5.97 Å². The fraction of sp³-hybridized carbons (Fsp3) is 0.154. The smallest absolute Gasteiger partial charge is 0.328 e. The largest absolute Gasteiger partial charge is 0.478 e. The van der Waals surface area contributed by atoms with Crippen LogP contribution >= 0.6 is 0 Å². The Labute approximate surface area is 89.6 Å². The Hall–Kier alpha value is -1.83. The quantitative estimate of drug-likeness (QED) is 0.604. The van der Waals surface area contributed by atoms with Crippen LogP contribution in [0.1, 0.15) is 19.4 Å². The highest BCUT2D eigenvalue weighted by atomic mass is 16.4. The van der Waals surface area contributed by atoms with Crippen LogP contribution in [0.2, 0.25) is 0 Å². The van der Waals surface area contributed by atoms with Gasteiger partial charge in [-0.25, -0.2) is 4.79 Å². The van der Waals surface area contributed by atoms with Gasteiger partial charge in [-0.15, -0.1) is 0 Å². The molecular weight excluding hydrogens is 188 g/mol. The molecule has 0 amide bonds. The topological polar surface area (TPSA) is 37.3 Å². The van der Waals surface area contributed by atoms with E-state index in [2.05, 4.69) is 0 Å².